The Hall–Kier alpha value is -3.80. The molecule has 0 spiro atoms. The second-order valence-electron chi connectivity index (χ2n) is 12.5. The molecule has 4 aromatic rings. The van der Waals surface area contributed by atoms with Crippen molar-refractivity contribution < 1.29 is 19.1 Å². The van der Waals surface area contributed by atoms with Gasteiger partial charge in [-0.2, -0.15) is 0 Å². The van der Waals surface area contributed by atoms with E-state index < -0.39 is 18.2 Å². The van der Waals surface area contributed by atoms with Crippen molar-refractivity contribution in [3.05, 3.63) is 121 Å². The third-order valence-electron chi connectivity index (χ3n) is 8.47. The summed E-state index contributed by atoms with van der Waals surface area (Å²) < 4.78 is 5.33. The van der Waals surface area contributed by atoms with E-state index in [0.717, 1.165) is 12.0 Å². The van der Waals surface area contributed by atoms with Crippen LogP contribution in [0, 0.1) is 0 Å². The summed E-state index contributed by atoms with van der Waals surface area (Å²) in [5.41, 5.74) is 0.893. The molecule has 2 N–H and O–H groups in total. The molecule has 6 nitrogen and oxygen atoms in total. The summed E-state index contributed by atoms with van der Waals surface area (Å²) in [5, 5.41) is 9.62. The van der Waals surface area contributed by atoms with Crippen molar-refractivity contribution >= 4 is 63.0 Å². The van der Waals surface area contributed by atoms with Gasteiger partial charge in [0.25, 0.3) is 0 Å². The van der Waals surface area contributed by atoms with Gasteiger partial charge in [0.1, 0.15) is 0 Å². The topological polar surface area (TPSA) is 84.5 Å². The van der Waals surface area contributed by atoms with E-state index in [-0.39, 0.29) is 47.3 Å². The van der Waals surface area contributed by atoms with Crippen LogP contribution in [0.1, 0.15) is 45.6 Å². The average Bonchev–Trinajstić information content (AvgIpc) is 3.47. The first-order valence-corrected chi connectivity index (χ1v) is 17.7. The van der Waals surface area contributed by atoms with Crippen LogP contribution in [0.15, 0.2) is 115 Å². The van der Waals surface area contributed by atoms with E-state index in [2.05, 4.69) is 83.4 Å². The molecule has 2 amide bonds. The van der Waals surface area contributed by atoms with E-state index >= 15 is 0 Å². The quantitative estimate of drug-likeness (QED) is 0.153. The van der Waals surface area contributed by atoms with Crippen molar-refractivity contribution in [2.75, 3.05) is 11.9 Å². The van der Waals surface area contributed by atoms with Gasteiger partial charge < -0.3 is 0 Å². The number of rotatable bonds is 10. The molecule has 0 aliphatic carbocycles. The Labute approximate surface area is 276 Å². The Kier molecular flexibility index (Phi) is 10.7. The molecule has 8 heteroatoms. The molecule has 1 saturated heterocycles. The molecule has 4 aromatic carbocycles. The van der Waals surface area contributed by atoms with Crippen molar-refractivity contribution in [3.63, 3.8) is 0 Å². The first kappa shape index (κ1) is 34.1. The summed E-state index contributed by atoms with van der Waals surface area (Å²) in [6, 6.07) is 39.6. The summed E-state index contributed by atoms with van der Waals surface area (Å²) in [7, 11) is 0. The number of carbonyl (C=O) groups is 3. The molecule has 1 aliphatic rings. The molecule has 236 valence electrons. The Morgan fingerprint density at radius 1 is 0.778 bits per heavy atom. The zero-order valence-electron chi connectivity index (χ0n) is 26.1. The van der Waals surface area contributed by atoms with E-state index in [0.29, 0.717) is 18.4 Å². The molecule has 1 aliphatic heterocycles. The second kappa shape index (κ2) is 14.1. The van der Waals surface area contributed by atoms with Gasteiger partial charge >= 0.3 is 240 Å². The Bertz CT molecular complexity index is 1510. The molecular formula is C37H42BrN2O4P. The van der Waals surface area contributed by atoms with Gasteiger partial charge in [-0.25, -0.2) is 0 Å². The van der Waals surface area contributed by atoms with Crippen molar-refractivity contribution in [1.29, 1.82) is 0 Å². The average molecular weight is 690 g/mol. The molecule has 45 heavy (non-hydrogen) atoms. The maximum atomic E-state index is 13.9. The normalized spacial score (nSPS) is 15.6. The molecule has 0 saturated carbocycles. The van der Waals surface area contributed by atoms with Crippen LogP contribution in [0.5, 0.6) is 0 Å². The number of benzene rings is 4. The van der Waals surface area contributed by atoms with Crippen LogP contribution < -0.4 is 26.5 Å². The number of hydrogen-bond donors (Lipinski definition) is 2. The predicted molar refractivity (Wildman–Crippen MR) is 191 cm³/mol. The van der Waals surface area contributed by atoms with E-state index in [9.17, 15) is 14.4 Å². The molecule has 0 bridgehead atoms. The third kappa shape index (κ3) is 6.90. The van der Waals surface area contributed by atoms with Gasteiger partial charge in [0.15, 0.2) is 0 Å². The van der Waals surface area contributed by atoms with E-state index in [1.807, 2.05) is 42.5 Å². The Balaban J connectivity index is 0.00000461. The summed E-state index contributed by atoms with van der Waals surface area (Å²) in [6.45, 7) is 2.53. The van der Waals surface area contributed by atoms with Gasteiger partial charge in [0.05, 0.1) is 0 Å². The molecule has 5 rings (SSSR count). The second-order valence-corrected chi connectivity index (χ2v) is 17.7. The number of hydrogen-bond acceptors (Lipinski definition) is 4. The molecule has 1 unspecified atom stereocenters. The number of esters is 1. The fourth-order valence-corrected chi connectivity index (χ4v) is 14.3. The van der Waals surface area contributed by atoms with E-state index in [4.69, 9.17) is 4.74 Å². The summed E-state index contributed by atoms with van der Waals surface area (Å²) in [4.78, 5) is 38.7. The van der Waals surface area contributed by atoms with Crippen LogP contribution in [0.3, 0.4) is 0 Å². The van der Waals surface area contributed by atoms with Gasteiger partial charge in [-0.05, 0) is 20.8 Å². The SMILES string of the molecule is Br.CC(C)(C)OC(=O)CCC(=O)Nc1ccc(CP(c2ccccc2)(c2ccccc2)(c2ccccc2)C2CCNC2=O)cc1. The monoisotopic (exact) mass is 688 g/mol. The number of carbonyl (C=O) groups excluding carboxylic acids is 3. The van der Waals surface area contributed by atoms with Crippen LogP contribution in [-0.2, 0) is 25.3 Å². The molecular weight excluding hydrogens is 647 g/mol. The fraction of sp³-hybridized carbons (Fsp3) is 0.270. The van der Waals surface area contributed by atoms with E-state index in [1.165, 1.54) is 15.9 Å². The van der Waals surface area contributed by atoms with Gasteiger partial charge in [-0.1, -0.05) is 0 Å². The van der Waals surface area contributed by atoms with Crippen LogP contribution in [0.25, 0.3) is 0 Å². The first-order valence-electron chi connectivity index (χ1n) is 15.2. The minimum absolute atomic E-state index is 0. The molecule has 0 aromatic heterocycles. The van der Waals surface area contributed by atoms with Gasteiger partial charge in [-0.3, -0.25) is 0 Å². The first-order chi connectivity index (χ1) is 21.1. The number of amides is 2. The van der Waals surface area contributed by atoms with Crippen LogP contribution in [0.4, 0.5) is 5.69 Å². The summed E-state index contributed by atoms with van der Waals surface area (Å²) >= 11 is 0. The van der Waals surface area contributed by atoms with Gasteiger partial charge in [0, 0.05) is 0 Å². The Morgan fingerprint density at radius 3 is 1.69 bits per heavy atom. The number of halogens is 1. The minimum atomic E-state index is -3.53. The number of nitrogens with one attached hydrogen (secondary N) is 2. The van der Waals surface area contributed by atoms with Crippen molar-refractivity contribution in [2.45, 2.75) is 57.5 Å². The van der Waals surface area contributed by atoms with Crippen LogP contribution in [-0.4, -0.2) is 35.6 Å². The standard InChI is InChI=1S/C37H41N2O4P.BrH/c1-37(2,3)43-35(41)24-23-34(40)39-29-21-19-28(20-22-29)27-44(30-13-7-4-8-14-30,31-15-9-5-10-16-31,32-17-11-6-12-18-32)33-25-26-38-36(33)42;/h4-22,33H,23-27H2,1-3H3,(H,38,42)(H,39,40);1H. The molecule has 1 heterocycles. The maximum absolute atomic E-state index is 13.9. The molecule has 1 atom stereocenters. The molecule has 0 radical (unpaired) electrons. The zero-order valence-corrected chi connectivity index (χ0v) is 28.7. The van der Waals surface area contributed by atoms with Crippen LogP contribution in [0.2, 0.25) is 0 Å². The summed E-state index contributed by atoms with van der Waals surface area (Å²) in [5.74, 6) is -0.551. The number of ether oxygens (including phenoxy) is 1. The van der Waals surface area contributed by atoms with Gasteiger partial charge in [-0.15, -0.1) is 17.0 Å². The van der Waals surface area contributed by atoms with Crippen molar-refractivity contribution in [1.82, 2.24) is 5.32 Å². The third-order valence-corrected chi connectivity index (χ3v) is 15.8. The van der Waals surface area contributed by atoms with E-state index in [1.54, 1.807) is 20.8 Å². The Morgan fingerprint density at radius 2 is 1.27 bits per heavy atom. The predicted octanol–water partition coefficient (Wildman–Crippen LogP) is 6.24. The fourth-order valence-electron chi connectivity index (χ4n) is 6.71. The summed E-state index contributed by atoms with van der Waals surface area (Å²) in [6.07, 6.45) is 1.44. The van der Waals surface area contributed by atoms with Crippen molar-refractivity contribution in [3.8, 4) is 0 Å². The van der Waals surface area contributed by atoms with Crippen molar-refractivity contribution in [2.24, 2.45) is 0 Å². The van der Waals surface area contributed by atoms with Crippen LogP contribution >= 0.6 is 23.6 Å². The molecule has 1 fully saturated rings. The number of anilines is 1. The van der Waals surface area contributed by atoms with Gasteiger partial charge in [0.2, 0.25) is 0 Å². The zero-order chi connectivity index (χ0) is 31.2.